The number of hydrogen-bond acceptors (Lipinski definition) is 3. The van der Waals surface area contributed by atoms with Crippen LogP contribution in [0.5, 0.6) is 5.75 Å². The highest BCUT2D eigenvalue weighted by atomic mass is 16.6. The molecule has 0 radical (unpaired) electrons. The van der Waals surface area contributed by atoms with E-state index in [0.29, 0.717) is 5.75 Å². The summed E-state index contributed by atoms with van der Waals surface area (Å²) >= 11 is 0. The van der Waals surface area contributed by atoms with E-state index < -0.39 is 6.09 Å². The molecule has 0 aliphatic rings. The van der Waals surface area contributed by atoms with Gasteiger partial charge in [-0.3, -0.25) is 9.88 Å². The summed E-state index contributed by atoms with van der Waals surface area (Å²) in [5, 5.41) is 0. The Labute approximate surface area is 141 Å². The highest BCUT2D eigenvalue weighted by Crippen LogP contribution is 2.27. The minimum atomic E-state index is -0.427. The predicted octanol–water partition coefficient (Wildman–Crippen LogP) is 4.85. The predicted molar refractivity (Wildman–Crippen MR) is 94.0 cm³/mol. The highest BCUT2D eigenvalue weighted by Gasteiger charge is 2.25. The third kappa shape index (κ3) is 3.60. The topological polar surface area (TPSA) is 42.4 Å². The molecule has 3 rings (SSSR count). The molecule has 0 fully saturated rings. The molecule has 3 aromatic rings. The van der Waals surface area contributed by atoms with Crippen molar-refractivity contribution in [3.63, 3.8) is 0 Å². The van der Waals surface area contributed by atoms with Crippen LogP contribution in [0.2, 0.25) is 0 Å². The second kappa shape index (κ2) is 7.42. The van der Waals surface area contributed by atoms with Gasteiger partial charge in [0.1, 0.15) is 5.75 Å². The fourth-order valence-corrected chi connectivity index (χ4v) is 2.49. The van der Waals surface area contributed by atoms with E-state index in [0.717, 1.165) is 11.3 Å². The summed E-state index contributed by atoms with van der Waals surface area (Å²) in [6, 6.07) is 22.1. The molecule has 1 atom stereocenters. The summed E-state index contributed by atoms with van der Waals surface area (Å²) in [4.78, 5) is 18.6. The molecule has 0 spiro atoms. The number of nitrogens with zero attached hydrogens (tertiary/aromatic N) is 2. The molecular weight excluding hydrogens is 300 g/mol. The molecule has 120 valence electrons. The quantitative estimate of drug-likeness (QED) is 0.690. The maximum absolute atomic E-state index is 12.8. The molecule has 0 saturated carbocycles. The van der Waals surface area contributed by atoms with Gasteiger partial charge in [0.05, 0.1) is 6.04 Å². The molecule has 0 aliphatic heterocycles. The largest absolute Gasteiger partial charge is 0.420 e. The van der Waals surface area contributed by atoms with Gasteiger partial charge in [0.15, 0.2) is 0 Å². The zero-order valence-electron chi connectivity index (χ0n) is 13.4. The smallest absolute Gasteiger partial charge is 0.410 e. The van der Waals surface area contributed by atoms with Gasteiger partial charge < -0.3 is 4.74 Å². The van der Waals surface area contributed by atoms with Gasteiger partial charge in [0.2, 0.25) is 0 Å². The molecule has 0 aliphatic carbocycles. The number of carbonyl (C=O) groups excluding carboxylic acids is 1. The van der Waals surface area contributed by atoms with Crippen molar-refractivity contribution < 1.29 is 9.53 Å². The van der Waals surface area contributed by atoms with Crippen molar-refractivity contribution in [1.29, 1.82) is 0 Å². The second-order valence-electron chi connectivity index (χ2n) is 5.35. The van der Waals surface area contributed by atoms with Crippen LogP contribution in [0.15, 0.2) is 85.2 Å². The minimum Gasteiger partial charge on any atom is -0.410 e. The molecule has 24 heavy (non-hydrogen) atoms. The fourth-order valence-electron chi connectivity index (χ4n) is 2.49. The number of carbonyl (C=O) groups is 1. The maximum Gasteiger partial charge on any atom is 0.420 e. The molecule has 4 heteroatoms. The molecule has 1 amide bonds. The van der Waals surface area contributed by atoms with Crippen LogP contribution in [0.1, 0.15) is 18.5 Å². The van der Waals surface area contributed by atoms with Crippen LogP contribution in [0, 0.1) is 0 Å². The van der Waals surface area contributed by atoms with Crippen molar-refractivity contribution in [2.24, 2.45) is 0 Å². The molecule has 0 saturated heterocycles. The van der Waals surface area contributed by atoms with Crippen molar-refractivity contribution >= 4 is 11.8 Å². The van der Waals surface area contributed by atoms with Gasteiger partial charge in [-0.2, -0.15) is 0 Å². The van der Waals surface area contributed by atoms with E-state index in [2.05, 4.69) is 4.98 Å². The van der Waals surface area contributed by atoms with Crippen LogP contribution in [-0.4, -0.2) is 11.1 Å². The Bertz CT molecular complexity index is 777. The first-order valence-electron chi connectivity index (χ1n) is 7.77. The van der Waals surface area contributed by atoms with Crippen molar-refractivity contribution in [2.75, 3.05) is 4.90 Å². The average molecular weight is 318 g/mol. The summed E-state index contributed by atoms with van der Waals surface area (Å²) in [7, 11) is 0. The van der Waals surface area contributed by atoms with E-state index in [4.69, 9.17) is 4.74 Å². The van der Waals surface area contributed by atoms with Crippen LogP contribution in [0.4, 0.5) is 10.5 Å². The van der Waals surface area contributed by atoms with Crippen molar-refractivity contribution in [1.82, 2.24) is 4.98 Å². The number of rotatable bonds is 4. The Kier molecular flexibility index (Phi) is 4.87. The van der Waals surface area contributed by atoms with Gasteiger partial charge >= 0.3 is 6.09 Å². The van der Waals surface area contributed by atoms with E-state index in [1.165, 1.54) is 0 Å². The zero-order valence-corrected chi connectivity index (χ0v) is 13.4. The van der Waals surface area contributed by atoms with Gasteiger partial charge in [-0.15, -0.1) is 0 Å². The standard InChI is InChI=1S/C20H18N2O2/c1-16(17-9-8-14-21-15-17)22(18-10-4-2-5-11-18)20(23)24-19-12-6-3-7-13-19/h2-16H,1H3. The summed E-state index contributed by atoms with van der Waals surface area (Å²) in [5.41, 5.74) is 1.71. The SMILES string of the molecule is CC(c1cccnc1)N(C(=O)Oc1ccccc1)c1ccccc1. The number of ether oxygens (including phenoxy) is 1. The Morgan fingerprint density at radius 3 is 2.25 bits per heavy atom. The van der Waals surface area contributed by atoms with Crippen LogP contribution >= 0.6 is 0 Å². The van der Waals surface area contributed by atoms with E-state index in [9.17, 15) is 4.79 Å². The monoisotopic (exact) mass is 318 g/mol. The third-order valence-electron chi connectivity index (χ3n) is 3.73. The molecule has 1 unspecified atom stereocenters. The van der Waals surface area contributed by atoms with Crippen LogP contribution in [0.3, 0.4) is 0 Å². The second-order valence-corrected chi connectivity index (χ2v) is 5.35. The normalized spacial score (nSPS) is 11.5. The van der Waals surface area contributed by atoms with E-state index in [1.54, 1.807) is 29.4 Å². The van der Waals surface area contributed by atoms with Crippen molar-refractivity contribution in [3.8, 4) is 5.75 Å². The number of aromatic nitrogens is 1. The summed E-state index contributed by atoms with van der Waals surface area (Å²) in [6.45, 7) is 1.95. The van der Waals surface area contributed by atoms with E-state index in [-0.39, 0.29) is 6.04 Å². The van der Waals surface area contributed by atoms with Gasteiger partial charge in [0, 0.05) is 18.1 Å². The summed E-state index contributed by atoms with van der Waals surface area (Å²) in [5.74, 6) is 0.516. The molecule has 4 nitrogen and oxygen atoms in total. The lowest BCUT2D eigenvalue weighted by Crippen LogP contribution is -2.36. The number of anilines is 1. The summed E-state index contributed by atoms with van der Waals surface area (Å²) < 4.78 is 5.54. The number of pyridine rings is 1. The highest BCUT2D eigenvalue weighted by molar-refractivity contribution is 5.90. The molecule has 0 bridgehead atoms. The molecular formula is C20H18N2O2. The Balaban J connectivity index is 1.92. The van der Waals surface area contributed by atoms with Gasteiger partial charge in [-0.1, -0.05) is 42.5 Å². The van der Waals surface area contributed by atoms with Crippen LogP contribution in [0.25, 0.3) is 0 Å². The minimum absolute atomic E-state index is 0.211. The third-order valence-corrected chi connectivity index (χ3v) is 3.73. The molecule has 1 heterocycles. The lowest BCUT2D eigenvalue weighted by atomic mass is 10.1. The zero-order chi connectivity index (χ0) is 16.8. The Hall–Kier alpha value is -3.14. The first-order valence-corrected chi connectivity index (χ1v) is 7.77. The number of hydrogen-bond donors (Lipinski definition) is 0. The van der Waals surface area contributed by atoms with Crippen LogP contribution < -0.4 is 9.64 Å². The maximum atomic E-state index is 12.8. The fraction of sp³-hybridized carbons (Fsp3) is 0.100. The van der Waals surface area contributed by atoms with Gasteiger partial charge in [-0.25, -0.2) is 4.79 Å². The lowest BCUT2D eigenvalue weighted by molar-refractivity contribution is 0.205. The van der Waals surface area contributed by atoms with E-state index >= 15 is 0 Å². The van der Waals surface area contributed by atoms with Gasteiger partial charge in [-0.05, 0) is 42.8 Å². The number of benzene rings is 2. The molecule has 1 aromatic heterocycles. The number of amides is 1. The van der Waals surface area contributed by atoms with Gasteiger partial charge in [0.25, 0.3) is 0 Å². The summed E-state index contributed by atoms with van der Waals surface area (Å²) in [6.07, 6.45) is 3.05. The molecule has 2 aromatic carbocycles. The first kappa shape index (κ1) is 15.7. The van der Waals surface area contributed by atoms with E-state index in [1.807, 2.05) is 67.6 Å². The lowest BCUT2D eigenvalue weighted by Gasteiger charge is -2.28. The average Bonchev–Trinajstić information content (AvgIpc) is 2.64. The van der Waals surface area contributed by atoms with Crippen molar-refractivity contribution in [3.05, 3.63) is 90.8 Å². The first-order chi connectivity index (χ1) is 11.8. The van der Waals surface area contributed by atoms with Crippen molar-refractivity contribution in [2.45, 2.75) is 13.0 Å². The van der Waals surface area contributed by atoms with Crippen LogP contribution in [-0.2, 0) is 0 Å². The Morgan fingerprint density at radius 1 is 0.958 bits per heavy atom. The molecule has 0 N–H and O–H groups in total. The number of para-hydroxylation sites is 2. The Morgan fingerprint density at radius 2 is 1.62 bits per heavy atom.